The van der Waals surface area contributed by atoms with Crippen LogP contribution in [0.3, 0.4) is 0 Å². The molecule has 1 fully saturated rings. The minimum atomic E-state index is -2.16. The first-order chi connectivity index (χ1) is 21.9. The van der Waals surface area contributed by atoms with Crippen LogP contribution >= 0.6 is 0 Å². The Bertz CT molecular complexity index is 1670. The fourth-order valence-corrected chi connectivity index (χ4v) is 4.97. The molecular weight excluding hydrogens is 636 g/mol. The highest BCUT2D eigenvalue weighted by Crippen LogP contribution is 2.44. The van der Waals surface area contributed by atoms with Crippen molar-refractivity contribution >= 4 is 23.5 Å². The average Bonchev–Trinajstić information content (AvgIpc) is 3.36. The van der Waals surface area contributed by atoms with Crippen molar-refractivity contribution in [2.24, 2.45) is 0 Å². The lowest BCUT2D eigenvalue weighted by Gasteiger charge is -2.38. The van der Waals surface area contributed by atoms with Gasteiger partial charge >= 0.3 is 18.0 Å². The van der Waals surface area contributed by atoms with Crippen molar-refractivity contribution in [3.63, 3.8) is 0 Å². The molecule has 2 unspecified atom stereocenters. The molecule has 2 amide bonds. The third-order valence-corrected chi connectivity index (χ3v) is 7.08. The topological polar surface area (TPSA) is 275 Å². The number of anilines is 1. The number of ether oxygens (including phenoxy) is 6. The quantitative estimate of drug-likeness (QED) is 0.224. The summed E-state index contributed by atoms with van der Waals surface area (Å²) in [6.07, 6.45) is -7.63. The molecule has 254 valence electrons. The number of rotatable bonds is 5. The third kappa shape index (κ3) is 5.76. The molecule has 1 saturated heterocycles. The number of ketones is 1. The van der Waals surface area contributed by atoms with Crippen LogP contribution < -0.4 is 14.4 Å². The van der Waals surface area contributed by atoms with Crippen LogP contribution in [0, 0.1) is 0 Å². The largest absolute Gasteiger partial charge is 0.503 e. The van der Waals surface area contributed by atoms with Crippen molar-refractivity contribution in [1.29, 1.82) is 0 Å². The maximum Gasteiger partial charge on any atom is 0.417 e. The summed E-state index contributed by atoms with van der Waals surface area (Å²) in [5.41, 5.74) is -1.78. The van der Waals surface area contributed by atoms with E-state index in [4.69, 9.17) is 28.4 Å². The number of fused-ring (bicyclic) bond motifs is 2. The minimum absolute atomic E-state index is 0.231. The number of carbonyl (C=O) groups is 3. The van der Waals surface area contributed by atoms with Gasteiger partial charge in [0.15, 0.2) is 23.5 Å². The standard InChI is InChI=1S/C28H30N2O17/c1-28(2,3)47-27(41)30-11-7-14(43-25-19(36)15(32)17(34)23(39)45-25)13(42-4)6-10(11)21(38)29-8-9(31)5-12(29)22(30)44-26-20(37)16(33)18(35)24(40)46-26/h6-7,12,22-23,26,32-37,39-40H,5,8H2,1-4H3/t12-,22-,23?,26?/m0/s1. The molecule has 0 saturated carbocycles. The predicted octanol–water partition coefficient (Wildman–Crippen LogP) is 2.33. The van der Waals surface area contributed by atoms with Gasteiger partial charge < -0.3 is 74.2 Å². The molecule has 1 aromatic rings. The van der Waals surface area contributed by atoms with Crippen molar-refractivity contribution in [3.8, 4) is 11.5 Å². The van der Waals surface area contributed by atoms with E-state index in [2.05, 4.69) is 0 Å². The number of amides is 2. The summed E-state index contributed by atoms with van der Waals surface area (Å²) in [7, 11) is 1.17. The van der Waals surface area contributed by atoms with E-state index in [1.165, 1.54) is 27.9 Å². The van der Waals surface area contributed by atoms with Gasteiger partial charge in [-0.3, -0.25) is 9.59 Å². The fourth-order valence-electron chi connectivity index (χ4n) is 4.97. The molecule has 19 heteroatoms. The van der Waals surface area contributed by atoms with Crippen molar-refractivity contribution in [2.45, 2.75) is 57.6 Å². The number of hydrogen-bond donors (Lipinski definition) is 8. The summed E-state index contributed by atoms with van der Waals surface area (Å²) < 4.78 is 32.3. The van der Waals surface area contributed by atoms with Gasteiger partial charge in [-0.2, -0.15) is 0 Å². The molecule has 0 spiro atoms. The van der Waals surface area contributed by atoms with Crippen LogP contribution in [0.15, 0.2) is 58.6 Å². The number of carbonyl (C=O) groups excluding carboxylic acids is 3. The van der Waals surface area contributed by atoms with Gasteiger partial charge in [0.25, 0.3) is 18.5 Å². The number of aliphatic hydroxyl groups is 8. The Morgan fingerprint density at radius 1 is 0.915 bits per heavy atom. The Kier molecular flexibility index (Phi) is 8.06. The molecule has 4 atom stereocenters. The Morgan fingerprint density at radius 2 is 1.57 bits per heavy atom. The lowest BCUT2D eigenvalue weighted by molar-refractivity contribution is -0.181. The first kappa shape index (κ1) is 32.7. The number of Topliss-reactive ketones (excluding diaryl/α,β-unsaturated/α-hetero) is 1. The van der Waals surface area contributed by atoms with E-state index < -0.39 is 107 Å². The number of hydrogen-bond acceptors (Lipinski definition) is 17. The first-order valence-corrected chi connectivity index (χ1v) is 13.6. The molecule has 8 N–H and O–H groups in total. The van der Waals surface area contributed by atoms with Crippen LogP contribution in [0.25, 0.3) is 0 Å². The van der Waals surface area contributed by atoms with E-state index in [9.17, 15) is 55.2 Å². The highest BCUT2D eigenvalue weighted by molar-refractivity contribution is 6.08. The SMILES string of the molecule is COc1cc2c(cc1OC1=C(O)C(O)=C(O)C(O)O1)N(C(=O)OC(C)(C)C)[C@@H](OC1OC(O)=C(O)C(O)=C1O)[C@@H]1CC(=O)CN1C2=O. The van der Waals surface area contributed by atoms with Gasteiger partial charge in [0, 0.05) is 12.5 Å². The van der Waals surface area contributed by atoms with Crippen LogP contribution in [0.1, 0.15) is 37.6 Å². The second-order valence-corrected chi connectivity index (χ2v) is 11.4. The van der Waals surface area contributed by atoms with Crippen molar-refractivity contribution in [3.05, 3.63) is 64.1 Å². The Morgan fingerprint density at radius 3 is 2.21 bits per heavy atom. The highest BCUT2D eigenvalue weighted by Gasteiger charge is 2.51. The molecule has 4 aliphatic heterocycles. The zero-order valence-electron chi connectivity index (χ0n) is 25.0. The van der Waals surface area contributed by atoms with E-state index in [1.54, 1.807) is 0 Å². The van der Waals surface area contributed by atoms with E-state index in [1.807, 2.05) is 0 Å². The summed E-state index contributed by atoms with van der Waals surface area (Å²) in [5, 5.41) is 80.3. The number of methoxy groups -OCH3 is 1. The number of nitrogens with zero attached hydrogens (tertiary/aromatic N) is 2. The molecular formula is C28H30N2O17. The van der Waals surface area contributed by atoms with Crippen LogP contribution in [0.2, 0.25) is 0 Å². The minimum Gasteiger partial charge on any atom is -0.503 e. The van der Waals surface area contributed by atoms with Gasteiger partial charge in [0.2, 0.25) is 34.6 Å². The highest BCUT2D eigenvalue weighted by atomic mass is 16.7. The van der Waals surface area contributed by atoms with E-state index in [-0.39, 0.29) is 23.4 Å². The molecule has 19 nitrogen and oxygen atoms in total. The van der Waals surface area contributed by atoms with Gasteiger partial charge in [-0.1, -0.05) is 0 Å². The second-order valence-electron chi connectivity index (χ2n) is 11.4. The monoisotopic (exact) mass is 666 g/mol. The van der Waals surface area contributed by atoms with E-state index in [0.717, 1.165) is 21.9 Å². The van der Waals surface area contributed by atoms with Crippen LogP contribution in [-0.4, -0.2) is 108 Å². The van der Waals surface area contributed by atoms with Gasteiger partial charge in [0.1, 0.15) is 5.60 Å². The third-order valence-electron chi connectivity index (χ3n) is 7.08. The zero-order valence-corrected chi connectivity index (χ0v) is 25.0. The van der Waals surface area contributed by atoms with E-state index >= 15 is 0 Å². The fraction of sp³-hybridized carbons (Fsp3) is 0.393. The number of aliphatic hydroxyl groups excluding tert-OH is 8. The Hall–Kier alpha value is -5.69. The van der Waals surface area contributed by atoms with Crippen LogP contribution in [0.5, 0.6) is 11.5 Å². The molecule has 0 radical (unpaired) electrons. The van der Waals surface area contributed by atoms with Gasteiger partial charge in [0.05, 0.1) is 30.9 Å². The summed E-state index contributed by atoms with van der Waals surface area (Å²) >= 11 is 0. The second kappa shape index (κ2) is 11.6. The molecule has 4 heterocycles. The lowest BCUT2D eigenvalue weighted by Crippen LogP contribution is -2.55. The zero-order chi connectivity index (χ0) is 34.7. The first-order valence-electron chi connectivity index (χ1n) is 13.6. The van der Waals surface area contributed by atoms with Gasteiger partial charge in [-0.25, -0.2) is 9.69 Å². The lowest BCUT2D eigenvalue weighted by atomic mass is 10.1. The Labute approximate surface area is 264 Å². The average molecular weight is 667 g/mol. The van der Waals surface area contributed by atoms with Crippen molar-refractivity contribution < 1.29 is 83.7 Å². The maximum absolute atomic E-state index is 14.0. The molecule has 5 rings (SSSR count). The van der Waals surface area contributed by atoms with Crippen LogP contribution in [-0.2, 0) is 23.7 Å². The van der Waals surface area contributed by atoms with Gasteiger partial charge in [-0.15, -0.1) is 0 Å². The molecule has 0 aliphatic carbocycles. The van der Waals surface area contributed by atoms with Gasteiger partial charge in [-0.05, 0) is 26.8 Å². The molecule has 0 aromatic heterocycles. The van der Waals surface area contributed by atoms with Crippen molar-refractivity contribution in [2.75, 3.05) is 18.6 Å². The molecule has 1 aromatic carbocycles. The summed E-state index contributed by atoms with van der Waals surface area (Å²) in [6, 6.07) is 0.836. The normalized spacial score (nSPS) is 24.9. The Balaban J connectivity index is 1.70. The molecule has 0 bridgehead atoms. The van der Waals surface area contributed by atoms with Crippen molar-refractivity contribution in [1.82, 2.24) is 4.90 Å². The van der Waals surface area contributed by atoms with E-state index in [0.29, 0.717) is 0 Å². The predicted molar refractivity (Wildman–Crippen MR) is 150 cm³/mol. The summed E-state index contributed by atoms with van der Waals surface area (Å²) in [5.74, 6) is -11.1. The molecule has 47 heavy (non-hydrogen) atoms. The smallest absolute Gasteiger partial charge is 0.417 e. The summed E-state index contributed by atoms with van der Waals surface area (Å²) in [6.45, 7) is 4.13. The summed E-state index contributed by atoms with van der Waals surface area (Å²) in [4.78, 5) is 42.4. The van der Waals surface area contributed by atoms with Crippen LogP contribution in [0.4, 0.5) is 10.5 Å². The molecule has 4 aliphatic rings. The maximum atomic E-state index is 14.0. The number of benzene rings is 1.